The third-order valence-corrected chi connectivity index (χ3v) is 6.12. The van der Waals surface area contributed by atoms with Gasteiger partial charge in [-0.05, 0) is 20.3 Å². The molecular weight excluding hydrogens is 594 g/mol. The van der Waals surface area contributed by atoms with Crippen molar-refractivity contribution >= 4 is 17.6 Å². The molecule has 45 heavy (non-hydrogen) atoms. The summed E-state index contributed by atoms with van der Waals surface area (Å²) in [6.45, 7) is 14.2. The van der Waals surface area contributed by atoms with E-state index in [1.165, 1.54) is 11.8 Å². The Balaban J connectivity index is 0.00000947. The minimum absolute atomic E-state index is 0.0136. The van der Waals surface area contributed by atoms with Crippen molar-refractivity contribution < 1.29 is 57.4 Å². The van der Waals surface area contributed by atoms with E-state index in [0.717, 1.165) is 0 Å². The van der Waals surface area contributed by atoms with E-state index in [1.54, 1.807) is 6.92 Å². The molecule has 266 valence electrons. The molecule has 1 heterocycles. The predicted molar refractivity (Wildman–Crippen MR) is 166 cm³/mol. The van der Waals surface area contributed by atoms with Crippen LogP contribution in [-0.4, -0.2) is 165 Å². The molecule has 1 aliphatic rings. The maximum atomic E-state index is 12.3. The van der Waals surface area contributed by atoms with Gasteiger partial charge in [0.05, 0.1) is 124 Å². The summed E-state index contributed by atoms with van der Waals surface area (Å²) in [5.74, 6) is -0.614. The average molecular weight is 654 g/mol. The second-order valence-electron chi connectivity index (χ2n) is 9.78. The van der Waals surface area contributed by atoms with Crippen LogP contribution < -0.4 is 11.1 Å². The van der Waals surface area contributed by atoms with E-state index in [9.17, 15) is 14.4 Å². The Morgan fingerprint density at radius 1 is 0.711 bits per heavy atom. The molecule has 0 aromatic carbocycles. The third kappa shape index (κ3) is 24.1. The molecule has 3 unspecified atom stereocenters. The van der Waals surface area contributed by atoms with E-state index in [2.05, 4.69) is 5.32 Å². The predicted octanol–water partition coefficient (Wildman–Crippen LogP) is -0.450. The molecule has 0 saturated carbocycles. The first-order valence-electron chi connectivity index (χ1n) is 16.0. The number of rotatable bonds is 29. The quantitative estimate of drug-likeness (QED) is 0.0883. The second-order valence-corrected chi connectivity index (χ2v) is 9.78. The van der Waals surface area contributed by atoms with Gasteiger partial charge in [-0.15, -0.1) is 0 Å². The van der Waals surface area contributed by atoms with Gasteiger partial charge in [0.2, 0.25) is 11.8 Å². The monoisotopic (exact) mass is 653 g/mol. The zero-order chi connectivity index (χ0) is 33.5. The lowest BCUT2D eigenvalue weighted by molar-refractivity contribution is -0.137. The van der Waals surface area contributed by atoms with Crippen molar-refractivity contribution in [3.63, 3.8) is 0 Å². The summed E-state index contributed by atoms with van der Waals surface area (Å²) in [5, 5.41) is 11.4. The van der Waals surface area contributed by atoms with Crippen molar-refractivity contribution in [1.82, 2.24) is 10.2 Å². The third-order valence-electron chi connectivity index (χ3n) is 6.12. The number of carbonyl (C=O) groups excluding carboxylic acids is 3. The average Bonchev–Trinajstić information content (AvgIpc) is 3.45. The van der Waals surface area contributed by atoms with Crippen molar-refractivity contribution in [1.29, 1.82) is 0 Å². The van der Waals surface area contributed by atoms with Crippen molar-refractivity contribution in [2.75, 3.05) is 119 Å². The molecule has 1 aliphatic heterocycles. The molecule has 1 rings (SSSR count). The molecule has 0 spiro atoms. The molecule has 0 bridgehead atoms. The van der Waals surface area contributed by atoms with E-state index in [-0.39, 0.29) is 49.8 Å². The second kappa shape index (κ2) is 30.8. The van der Waals surface area contributed by atoms with Gasteiger partial charge < -0.3 is 59.0 Å². The number of aliphatic hydroxyl groups excluding tert-OH is 1. The van der Waals surface area contributed by atoms with E-state index in [0.29, 0.717) is 106 Å². The Morgan fingerprint density at radius 2 is 1.07 bits per heavy atom. The molecule has 3 atom stereocenters. The minimum Gasteiger partial charge on any atom is -0.394 e. The van der Waals surface area contributed by atoms with Crippen LogP contribution in [0.1, 0.15) is 40.5 Å². The number of carbonyl (C=O) groups is 3. The van der Waals surface area contributed by atoms with E-state index in [1.807, 2.05) is 13.8 Å². The number of nitrogens with one attached hydrogen (secondary N) is 1. The summed E-state index contributed by atoms with van der Waals surface area (Å²) in [5.41, 5.74) is 5.68. The molecule has 0 aromatic heterocycles. The van der Waals surface area contributed by atoms with Crippen LogP contribution in [0.15, 0.2) is 0 Å². The molecule has 0 aliphatic carbocycles. The van der Waals surface area contributed by atoms with Crippen LogP contribution in [-0.2, 0) is 52.3 Å². The number of hydrogen-bond donors (Lipinski definition) is 3. The molecule has 0 radical (unpaired) electrons. The number of ether oxygens (including phenoxy) is 8. The normalized spacial score (nSPS) is 16.7. The highest BCUT2D eigenvalue weighted by molar-refractivity contribution is 5.90. The first kappa shape index (κ1) is 43.2. The van der Waals surface area contributed by atoms with Crippen LogP contribution in [0.2, 0.25) is 0 Å². The van der Waals surface area contributed by atoms with Gasteiger partial charge >= 0.3 is 0 Å². The number of aliphatic hydroxyl groups is 1. The van der Waals surface area contributed by atoms with Crippen molar-refractivity contribution in [3.05, 3.63) is 0 Å². The largest absolute Gasteiger partial charge is 0.394 e. The lowest BCUT2D eigenvalue weighted by Crippen LogP contribution is -2.47. The van der Waals surface area contributed by atoms with Crippen LogP contribution >= 0.6 is 0 Å². The Morgan fingerprint density at radius 3 is 1.40 bits per heavy atom. The Kier molecular flexibility index (Phi) is 29.6. The molecular formula is C30H59N3O12. The summed E-state index contributed by atoms with van der Waals surface area (Å²) in [6, 6.07) is -1.54. The van der Waals surface area contributed by atoms with Crippen LogP contribution in [0.4, 0.5) is 0 Å². The number of likely N-dealkylation sites (tertiary alicyclic amines) is 1. The standard InChI is InChI=1S/C28H53N3O12.C2H6/c1-23(29)28(35)31-22-25(21-26(31)24(2)33)30-27(34)3-5-36-7-9-38-11-13-40-15-17-42-19-20-43-18-16-41-14-12-39-10-8-37-6-4-32;1-2/h23,25-26,32H,3-22,29H2,1-2H3,(H,30,34);1-2H3. The SMILES string of the molecule is CC.CC(=O)C1CC(NC(=O)CCOCCOCCOCCOCCOCCOCCOCCOCCO)CN1C(=O)C(C)N. The maximum Gasteiger partial charge on any atom is 0.239 e. The van der Waals surface area contributed by atoms with Gasteiger partial charge in [-0.3, -0.25) is 14.4 Å². The first-order chi connectivity index (χ1) is 21.9. The summed E-state index contributed by atoms with van der Waals surface area (Å²) >= 11 is 0. The highest BCUT2D eigenvalue weighted by Crippen LogP contribution is 2.20. The Hall–Kier alpha value is -1.79. The first-order valence-corrected chi connectivity index (χ1v) is 16.0. The van der Waals surface area contributed by atoms with Gasteiger partial charge in [-0.2, -0.15) is 0 Å². The lowest BCUT2D eigenvalue weighted by atomic mass is 10.1. The summed E-state index contributed by atoms with van der Waals surface area (Å²) in [4.78, 5) is 37.9. The Bertz CT molecular complexity index is 732. The van der Waals surface area contributed by atoms with E-state index in [4.69, 9.17) is 48.7 Å². The van der Waals surface area contributed by atoms with Gasteiger partial charge in [0.1, 0.15) is 0 Å². The topological polar surface area (TPSA) is 187 Å². The summed E-state index contributed by atoms with van der Waals surface area (Å²) < 4.78 is 43.0. The molecule has 15 nitrogen and oxygen atoms in total. The van der Waals surface area contributed by atoms with Gasteiger partial charge in [-0.25, -0.2) is 0 Å². The van der Waals surface area contributed by atoms with E-state index < -0.39 is 12.1 Å². The zero-order valence-electron chi connectivity index (χ0n) is 27.8. The molecule has 15 heteroatoms. The fraction of sp³-hybridized carbons (Fsp3) is 0.900. The molecule has 0 aromatic rings. The Labute approximate surface area is 268 Å². The lowest BCUT2D eigenvalue weighted by Gasteiger charge is -2.24. The van der Waals surface area contributed by atoms with Gasteiger partial charge in [0.15, 0.2) is 5.78 Å². The van der Waals surface area contributed by atoms with Crippen molar-refractivity contribution in [2.24, 2.45) is 5.73 Å². The zero-order valence-corrected chi connectivity index (χ0v) is 27.8. The number of Topliss-reactive ketones (excluding diaryl/α,β-unsaturated/α-hetero) is 1. The van der Waals surface area contributed by atoms with Crippen LogP contribution in [0.25, 0.3) is 0 Å². The van der Waals surface area contributed by atoms with Crippen LogP contribution in [0, 0.1) is 0 Å². The van der Waals surface area contributed by atoms with Gasteiger partial charge in [-0.1, -0.05) is 13.8 Å². The number of amides is 2. The highest BCUT2D eigenvalue weighted by Gasteiger charge is 2.39. The number of hydrogen-bond acceptors (Lipinski definition) is 13. The number of nitrogens with zero attached hydrogens (tertiary/aromatic N) is 1. The number of ketones is 1. The van der Waals surface area contributed by atoms with E-state index >= 15 is 0 Å². The van der Waals surface area contributed by atoms with Gasteiger partial charge in [0, 0.05) is 19.0 Å². The van der Waals surface area contributed by atoms with Gasteiger partial charge in [0.25, 0.3) is 0 Å². The van der Waals surface area contributed by atoms with Crippen molar-refractivity contribution in [3.8, 4) is 0 Å². The number of nitrogens with two attached hydrogens (primary N) is 1. The smallest absolute Gasteiger partial charge is 0.239 e. The molecule has 2 amide bonds. The fourth-order valence-corrected chi connectivity index (χ4v) is 4.00. The highest BCUT2D eigenvalue weighted by atomic mass is 16.6. The van der Waals surface area contributed by atoms with Crippen LogP contribution in [0.5, 0.6) is 0 Å². The molecule has 1 saturated heterocycles. The minimum atomic E-state index is -0.700. The summed E-state index contributed by atoms with van der Waals surface area (Å²) in [7, 11) is 0. The fourth-order valence-electron chi connectivity index (χ4n) is 4.00. The summed E-state index contributed by atoms with van der Waals surface area (Å²) in [6.07, 6.45) is 0.556. The van der Waals surface area contributed by atoms with Crippen LogP contribution in [0.3, 0.4) is 0 Å². The molecule has 1 fully saturated rings. The molecule has 4 N–H and O–H groups in total. The van der Waals surface area contributed by atoms with Crippen molar-refractivity contribution in [2.45, 2.75) is 58.7 Å². The maximum absolute atomic E-state index is 12.3.